The lowest BCUT2D eigenvalue weighted by atomic mass is 9.66. The summed E-state index contributed by atoms with van der Waals surface area (Å²) in [5.41, 5.74) is -0.653. The van der Waals surface area contributed by atoms with Crippen molar-refractivity contribution in [3.8, 4) is 0 Å². The first-order valence-electron chi connectivity index (χ1n) is 5.45. The summed E-state index contributed by atoms with van der Waals surface area (Å²) in [6.07, 6.45) is 2.83. The largest absolute Gasteiger partial charge is 0.392 e. The summed E-state index contributed by atoms with van der Waals surface area (Å²) in [5.74, 6) is 2.13. The average Bonchev–Trinajstić information content (AvgIpc) is 2.59. The van der Waals surface area contributed by atoms with Crippen LogP contribution in [0.25, 0.3) is 0 Å². The fourth-order valence-electron chi connectivity index (χ4n) is 3.09. The van der Waals surface area contributed by atoms with Crippen LogP contribution >= 0.6 is 11.8 Å². The van der Waals surface area contributed by atoms with E-state index < -0.39 is 5.60 Å². The first-order valence-corrected chi connectivity index (χ1v) is 6.61. The Morgan fingerprint density at radius 1 is 1.21 bits per heavy atom. The number of aliphatic hydroxyl groups is 2. The van der Waals surface area contributed by atoms with Gasteiger partial charge in [-0.3, -0.25) is 0 Å². The van der Waals surface area contributed by atoms with Gasteiger partial charge in [0.2, 0.25) is 0 Å². The zero-order chi connectivity index (χ0) is 10.4. The Hall–Kier alpha value is 0.270. The van der Waals surface area contributed by atoms with Crippen molar-refractivity contribution < 1.29 is 10.2 Å². The Morgan fingerprint density at radius 3 is 2.36 bits per heavy atom. The molecule has 14 heavy (non-hydrogen) atoms. The van der Waals surface area contributed by atoms with Crippen LogP contribution in [-0.2, 0) is 0 Å². The van der Waals surface area contributed by atoms with Crippen LogP contribution in [0.4, 0.5) is 0 Å². The maximum atomic E-state index is 10.4. The van der Waals surface area contributed by atoms with Gasteiger partial charge < -0.3 is 10.2 Å². The summed E-state index contributed by atoms with van der Waals surface area (Å²) in [6.45, 7) is 4.09. The number of hydrogen-bond acceptors (Lipinski definition) is 3. The molecule has 2 fully saturated rings. The molecule has 0 aromatic carbocycles. The maximum absolute atomic E-state index is 10.4. The molecule has 82 valence electrons. The second kappa shape index (κ2) is 3.39. The first-order chi connectivity index (χ1) is 6.47. The van der Waals surface area contributed by atoms with Gasteiger partial charge in [-0.2, -0.15) is 11.8 Å². The third-order valence-electron chi connectivity index (χ3n) is 4.46. The molecular formula is C11H20O2S. The van der Waals surface area contributed by atoms with Gasteiger partial charge in [0.15, 0.2) is 0 Å². The van der Waals surface area contributed by atoms with E-state index in [9.17, 15) is 10.2 Å². The van der Waals surface area contributed by atoms with Gasteiger partial charge in [-0.25, -0.2) is 0 Å². The molecule has 0 radical (unpaired) electrons. The van der Waals surface area contributed by atoms with Crippen LogP contribution in [0.2, 0.25) is 0 Å². The van der Waals surface area contributed by atoms with E-state index in [4.69, 9.17) is 0 Å². The molecule has 1 heterocycles. The third-order valence-corrected chi connectivity index (χ3v) is 5.63. The highest BCUT2D eigenvalue weighted by atomic mass is 32.2. The lowest BCUT2D eigenvalue weighted by Crippen LogP contribution is -2.48. The number of rotatable bonds is 1. The Labute approximate surface area is 90.1 Å². The van der Waals surface area contributed by atoms with Crippen LogP contribution in [0, 0.1) is 11.3 Å². The van der Waals surface area contributed by atoms with Crippen LogP contribution in [0.3, 0.4) is 0 Å². The van der Waals surface area contributed by atoms with Gasteiger partial charge in [-0.1, -0.05) is 6.92 Å². The standard InChI is InChI=1S/C11H20O2S/c1-10(4-3-5-11(10,2)13)8-6-14-7-9(8)12/h8-9,12-13H,3-7H2,1-2H3. The van der Waals surface area contributed by atoms with Gasteiger partial charge in [-0.15, -0.1) is 0 Å². The van der Waals surface area contributed by atoms with E-state index in [1.807, 2.05) is 18.7 Å². The molecule has 3 heteroatoms. The summed E-state index contributed by atoms with van der Waals surface area (Å²) in [6, 6.07) is 0. The topological polar surface area (TPSA) is 40.5 Å². The predicted octanol–water partition coefficient (Wildman–Crippen LogP) is 1.65. The van der Waals surface area contributed by atoms with E-state index >= 15 is 0 Å². The average molecular weight is 216 g/mol. The van der Waals surface area contributed by atoms with Crippen LogP contribution in [0.1, 0.15) is 33.1 Å². The van der Waals surface area contributed by atoms with Crippen molar-refractivity contribution in [1.82, 2.24) is 0 Å². The highest BCUT2D eigenvalue weighted by Crippen LogP contribution is 2.54. The van der Waals surface area contributed by atoms with E-state index in [2.05, 4.69) is 6.92 Å². The van der Waals surface area contributed by atoms with Gasteiger partial charge >= 0.3 is 0 Å². The van der Waals surface area contributed by atoms with Crippen LogP contribution in [0.15, 0.2) is 0 Å². The van der Waals surface area contributed by atoms with Crippen LogP contribution in [-0.4, -0.2) is 33.4 Å². The van der Waals surface area contributed by atoms with Crippen molar-refractivity contribution in [1.29, 1.82) is 0 Å². The Bertz CT molecular complexity index is 229. The molecule has 2 rings (SSSR count). The SMILES string of the molecule is CC1(O)CCCC1(C)C1CSCC1O. The lowest BCUT2D eigenvalue weighted by Gasteiger charge is -2.43. The maximum Gasteiger partial charge on any atom is 0.0677 e. The molecule has 0 amide bonds. The molecule has 0 bridgehead atoms. The fourth-order valence-corrected chi connectivity index (χ4v) is 4.54. The van der Waals surface area contributed by atoms with Crippen molar-refractivity contribution in [2.24, 2.45) is 11.3 Å². The molecule has 2 nitrogen and oxygen atoms in total. The number of thioether (sulfide) groups is 1. The van der Waals surface area contributed by atoms with E-state index in [0.717, 1.165) is 30.8 Å². The van der Waals surface area contributed by atoms with Crippen molar-refractivity contribution in [3.63, 3.8) is 0 Å². The monoisotopic (exact) mass is 216 g/mol. The lowest BCUT2D eigenvalue weighted by molar-refractivity contribution is -0.0866. The molecule has 2 aliphatic rings. The zero-order valence-electron chi connectivity index (χ0n) is 8.99. The summed E-state index contributed by atoms with van der Waals surface area (Å²) in [7, 11) is 0. The molecule has 0 aromatic heterocycles. The normalized spacial score (nSPS) is 54.0. The van der Waals surface area contributed by atoms with Crippen LogP contribution < -0.4 is 0 Å². The second-order valence-electron chi connectivity index (χ2n) is 5.26. The highest BCUT2D eigenvalue weighted by Gasteiger charge is 2.54. The predicted molar refractivity (Wildman–Crippen MR) is 59.4 cm³/mol. The summed E-state index contributed by atoms with van der Waals surface area (Å²) >= 11 is 1.82. The van der Waals surface area contributed by atoms with Crippen molar-refractivity contribution in [2.45, 2.75) is 44.8 Å². The fraction of sp³-hybridized carbons (Fsp3) is 1.00. The quantitative estimate of drug-likeness (QED) is 0.700. The molecule has 1 saturated heterocycles. The van der Waals surface area contributed by atoms with E-state index in [0.29, 0.717) is 0 Å². The molecule has 1 aliphatic heterocycles. The van der Waals surface area contributed by atoms with Gasteiger partial charge in [0.1, 0.15) is 0 Å². The van der Waals surface area contributed by atoms with Gasteiger partial charge in [0, 0.05) is 17.1 Å². The number of hydrogen-bond donors (Lipinski definition) is 2. The molecule has 2 N–H and O–H groups in total. The van der Waals surface area contributed by atoms with Gasteiger partial charge in [-0.05, 0) is 31.9 Å². The molecular weight excluding hydrogens is 196 g/mol. The van der Waals surface area contributed by atoms with E-state index in [1.165, 1.54) is 0 Å². The molecule has 4 atom stereocenters. The Balaban J connectivity index is 2.22. The Kier molecular flexibility index (Phi) is 2.61. The molecule has 0 spiro atoms. The molecule has 4 unspecified atom stereocenters. The van der Waals surface area contributed by atoms with Gasteiger partial charge in [0.05, 0.1) is 11.7 Å². The van der Waals surface area contributed by atoms with Crippen LogP contribution in [0.5, 0.6) is 0 Å². The van der Waals surface area contributed by atoms with Crippen molar-refractivity contribution in [3.05, 3.63) is 0 Å². The first kappa shape index (κ1) is 10.8. The zero-order valence-corrected chi connectivity index (χ0v) is 9.81. The minimum absolute atomic E-state index is 0.0735. The highest BCUT2D eigenvalue weighted by molar-refractivity contribution is 7.99. The molecule has 1 aliphatic carbocycles. The minimum Gasteiger partial charge on any atom is -0.392 e. The van der Waals surface area contributed by atoms with E-state index in [1.54, 1.807) is 0 Å². The second-order valence-corrected chi connectivity index (χ2v) is 6.33. The van der Waals surface area contributed by atoms with Crippen molar-refractivity contribution >= 4 is 11.8 Å². The third kappa shape index (κ3) is 1.41. The summed E-state index contributed by atoms with van der Waals surface area (Å²) in [4.78, 5) is 0. The van der Waals surface area contributed by atoms with Crippen molar-refractivity contribution in [2.75, 3.05) is 11.5 Å². The smallest absolute Gasteiger partial charge is 0.0677 e. The number of aliphatic hydroxyl groups excluding tert-OH is 1. The van der Waals surface area contributed by atoms with Gasteiger partial charge in [0.25, 0.3) is 0 Å². The molecule has 0 aromatic rings. The minimum atomic E-state index is -0.580. The molecule has 1 saturated carbocycles. The Morgan fingerprint density at radius 2 is 1.93 bits per heavy atom. The van der Waals surface area contributed by atoms with E-state index in [-0.39, 0.29) is 17.4 Å². The summed E-state index contributed by atoms with van der Waals surface area (Å²) in [5, 5.41) is 20.3. The summed E-state index contributed by atoms with van der Waals surface area (Å²) < 4.78 is 0.